The molecule has 0 spiro atoms. The van der Waals surface area contributed by atoms with E-state index in [2.05, 4.69) is 18.0 Å². The highest BCUT2D eigenvalue weighted by atomic mass is 32.2. The second-order valence-electron chi connectivity index (χ2n) is 6.37. The molecule has 1 fully saturated rings. The number of nitrogens with zero attached hydrogens (tertiary/aromatic N) is 2. The summed E-state index contributed by atoms with van der Waals surface area (Å²) in [6.07, 6.45) is 14.6. The maximum absolute atomic E-state index is 9.14. The number of hydrogen-bond donors (Lipinski definition) is 0. The van der Waals surface area contributed by atoms with Crippen molar-refractivity contribution in [3.63, 3.8) is 0 Å². The van der Waals surface area contributed by atoms with Gasteiger partial charge < -0.3 is 0 Å². The first-order chi connectivity index (χ1) is 9.81. The molecular formula is C17H28N2S. The lowest BCUT2D eigenvalue weighted by Crippen LogP contribution is -2.22. The molecule has 3 unspecified atom stereocenters. The molecule has 3 heteroatoms. The third-order valence-corrected chi connectivity index (χ3v) is 6.01. The summed E-state index contributed by atoms with van der Waals surface area (Å²) in [5.41, 5.74) is 0. The zero-order valence-corrected chi connectivity index (χ0v) is 13.6. The normalized spacial score (nSPS) is 33.0. The molecular weight excluding hydrogens is 264 g/mol. The Balaban J connectivity index is 1.92. The second-order valence-corrected chi connectivity index (χ2v) is 7.66. The summed E-state index contributed by atoms with van der Waals surface area (Å²) in [6.45, 7) is 2.35. The van der Waals surface area contributed by atoms with Crippen LogP contribution in [-0.2, 0) is 0 Å². The second kappa shape index (κ2) is 8.72. The SMILES string of the molecule is CCC1CCCCCC2CC(CCCC1)SC(C#N)=N2. The Kier molecular flexibility index (Phi) is 6.93. The fourth-order valence-corrected chi connectivity index (χ4v) is 4.70. The topological polar surface area (TPSA) is 36.1 Å². The fourth-order valence-electron chi connectivity index (χ4n) is 3.52. The number of rotatable bonds is 1. The largest absolute Gasteiger partial charge is 0.265 e. The average Bonchev–Trinajstić information content (AvgIpc) is 2.49. The van der Waals surface area contributed by atoms with Crippen LogP contribution in [0.4, 0.5) is 0 Å². The van der Waals surface area contributed by atoms with Crippen molar-refractivity contribution in [3.05, 3.63) is 0 Å². The molecule has 1 heterocycles. The van der Waals surface area contributed by atoms with Crippen molar-refractivity contribution in [2.45, 2.75) is 88.8 Å². The van der Waals surface area contributed by atoms with E-state index < -0.39 is 0 Å². The van der Waals surface area contributed by atoms with Gasteiger partial charge in [-0.05, 0) is 25.2 Å². The summed E-state index contributed by atoms with van der Waals surface area (Å²) in [7, 11) is 0. The van der Waals surface area contributed by atoms with Crippen molar-refractivity contribution in [2.24, 2.45) is 10.9 Å². The molecule has 1 aliphatic carbocycles. The molecule has 112 valence electrons. The number of hydrogen-bond acceptors (Lipinski definition) is 3. The van der Waals surface area contributed by atoms with Crippen LogP contribution in [0, 0.1) is 17.2 Å². The summed E-state index contributed by atoms with van der Waals surface area (Å²) in [5.74, 6) is 0.953. The van der Waals surface area contributed by atoms with E-state index in [-0.39, 0.29) is 0 Å². The van der Waals surface area contributed by atoms with Gasteiger partial charge in [-0.3, -0.25) is 4.99 Å². The van der Waals surface area contributed by atoms with Gasteiger partial charge in [0, 0.05) is 5.25 Å². The molecule has 1 saturated carbocycles. The molecule has 0 saturated heterocycles. The highest BCUT2D eigenvalue weighted by molar-refractivity contribution is 8.15. The van der Waals surface area contributed by atoms with Gasteiger partial charge in [-0.15, -0.1) is 0 Å². The Morgan fingerprint density at radius 2 is 1.80 bits per heavy atom. The van der Waals surface area contributed by atoms with Gasteiger partial charge in [0.1, 0.15) is 6.07 Å². The van der Waals surface area contributed by atoms with Gasteiger partial charge in [-0.25, -0.2) is 0 Å². The minimum Gasteiger partial charge on any atom is -0.265 e. The van der Waals surface area contributed by atoms with Crippen LogP contribution >= 0.6 is 11.8 Å². The average molecular weight is 292 g/mol. The van der Waals surface area contributed by atoms with E-state index in [1.54, 1.807) is 11.8 Å². The van der Waals surface area contributed by atoms with Crippen molar-refractivity contribution in [2.75, 3.05) is 0 Å². The predicted molar refractivity (Wildman–Crippen MR) is 88.2 cm³/mol. The van der Waals surface area contributed by atoms with E-state index >= 15 is 0 Å². The highest BCUT2D eigenvalue weighted by Gasteiger charge is 2.24. The van der Waals surface area contributed by atoms with Crippen LogP contribution in [-0.4, -0.2) is 16.3 Å². The summed E-state index contributed by atoms with van der Waals surface area (Å²) in [4.78, 5) is 4.62. The number of thioether (sulfide) groups is 1. The molecule has 0 aromatic rings. The lowest BCUT2D eigenvalue weighted by molar-refractivity contribution is 0.397. The lowest BCUT2D eigenvalue weighted by Gasteiger charge is -2.25. The van der Waals surface area contributed by atoms with E-state index in [1.165, 1.54) is 70.6 Å². The Labute approximate surface area is 128 Å². The number of fused-ring (bicyclic) bond motifs is 2. The van der Waals surface area contributed by atoms with E-state index in [4.69, 9.17) is 5.26 Å². The third-order valence-electron chi connectivity index (χ3n) is 4.82. The smallest absolute Gasteiger partial charge is 0.169 e. The van der Waals surface area contributed by atoms with Crippen LogP contribution in [0.2, 0.25) is 0 Å². The molecule has 3 atom stereocenters. The maximum Gasteiger partial charge on any atom is 0.169 e. The minimum atomic E-state index is 0.429. The van der Waals surface area contributed by atoms with Crippen molar-refractivity contribution in [3.8, 4) is 6.07 Å². The van der Waals surface area contributed by atoms with Crippen LogP contribution in [0.1, 0.15) is 77.6 Å². The molecule has 0 N–H and O–H groups in total. The van der Waals surface area contributed by atoms with Gasteiger partial charge in [0.05, 0.1) is 6.04 Å². The molecule has 1 aliphatic heterocycles. The Hall–Kier alpha value is -0.490. The molecule has 2 bridgehead atoms. The summed E-state index contributed by atoms with van der Waals surface area (Å²) in [5, 5.41) is 10.5. The molecule has 2 rings (SSSR count). The van der Waals surface area contributed by atoms with Crippen LogP contribution < -0.4 is 0 Å². The maximum atomic E-state index is 9.14. The first-order valence-electron chi connectivity index (χ1n) is 8.46. The molecule has 0 aromatic heterocycles. The quantitative estimate of drug-likeness (QED) is 0.654. The number of aliphatic imine (C=N–C) groups is 1. The first-order valence-corrected chi connectivity index (χ1v) is 9.34. The lowest BCUT2D eigenvalue weighted by atomic mass is 9.92. The fraction of sp³-hybridized carbons (Fsp3) is 0.882. The molecule has 20 heavy (non-hydrogen) atoms. The van der Waals surface area contributed by atoms with Crippen molar-refractivity contribution in [1.82, 2.24) is 0 Å². The standard InChI is InChI=1S/C17H28N2S/c1-2-14-8-4-3-5-10-15-12-16(11-7-6-9-14)20-17(13-18)19-15/h14-16H,2-12H2,1H3. The molecule has 0 radical (unpaired) electrons. The van der Waals surface area contributed by atoms with Gasteiger partial charge in [0.2, 0.25) is 0 Å². The third kappa shape index (κ3) is 5.13. The van der Waals surface area contributed by atoms with Crippen LogP contribution in [0.25, 0.3) is 0 Å². The van der Waals surface area contributed by atoms with Crippen LogP contribution in [0.5, 0.6) is 0 Å². The van der Waals surface area contributed by atoms with Gasteiger partial charge >= 0.3 is 0 Å². The predicted octanol–water partition coefficient (Wildman–Crippen LogP) is 5.33. The highest BCUT2D eigenvalue weighted by Crippen LogP contribution is 2.32. The Bertz CT molecular complexity index is 358. The van der Waals surface area contributed by atoms with Gasteiger partial charge in [0.25, 0.3) is 0 Å². The Morgan fingerprint density at radius 3 is 2.55 bits per heavy atom. The molecule has 2 aliphatic rings. The summed E-state index contributed by atoms with van der Waals surface area (Å²) in [6, 6.07) is 2.72. The first kappa shape index (κ1) is 15.9. The molecule has 0 aromatic carbocycles. The zero-order chi connectivity index (χ0) is 14.2. The monoisotopic (exact) mass is 292 g/mol. The van der Waals surface area contributed by atoms with E-state index in [0.717, 1.165) is 11.0 Å². The minimum absolute atomic E-state index is 0.429. The van der Waals surface area contributed by atoms with Crippen LogP contribution in [0.15, 0.2) is 4.99 Å². The van der Waals surface area contributed by atoms with Crippen LogP contribution in [0.3, 0.4) is 0 Å². The van der Waals surface area contributed by atoms with Gasteiger partial charge in [0.15, 0.2) is 5.04 Å². The van der Waals surface area contributed by atoms with E-state index in [9.17, 15) is 0 Å². The summed E-state index contributed by atoms with van der Waals surface area (Å²) < 4.78 is 0. The summed E-state index contributed by atoms with van der Waals surface area (Å²) >= 11 is 1.74. The van der Waals surface area contributed by atoms with Gasteiger partial charge in [-0.1, -0.05) is 70.1 Å². The van der Waals surface area contributed by atoms with Crippen molar-refractivity contribution in [1.29, 1.82) is 5.26 Å². The van der Waals surface area contributed by atoms with E-state index in [1.807, 2.05) is 0 Å². The van der Waals surface area contributed by atoms with Crippen molar-refractivity contribution >= 4 is 16.8 Å². The Morgan fingerprint density at radius 1 is 1.10 bits per heavy atom. The van der Waals surface area contributed by atoms with Crippen molar-refractivity contribution < 1.29 is 0 Å². The number of nitriles is 1. The molecule has 0 amide bonds. The molecule has 2 nitrogen and oxygen atoms in total. The van der Waals surface area contributed by atoms with Gasteiger partial charge in [-0.2, -0.15) is 5.26 Å². The van der Waals surface area contributed by atoms with E-state index in [0.29, 0.717) is 11.3 Å². The zero-order valence-electron chi connectivity index (χ0n) is 12.8.